The summed E-state index contributed by atoms with van der Waals surface area (Å²) in [5, 5.41) is 0. The molecule has 0 atom stereocenters. The maximum Gasteiger partial charge on any atom is 1.00 e. The maximum absolute atomic E-state index is 13.0. The minimum atomic E-state index is 0. The number of morpholine rings is 2. The molecule has 2 aliphatic rings. The largest absolute Gasteiger partial charge is 1.00 e. The average molecular weight is 643 g/mol. The van der Waals surface area contributed by atoms with Gasteiger partial charge in [0.1, 0.15) is 5.78 Å². The molecule has 0 unspecified atom stereocenters. The third-order valence-electron chi connectivity index (χ3n) is 6.50. The SMILES string of the molecule is Cn1cc(CC(=O)c2c[c-]cn2CCN2CCOCC2)cc1C(=O)CCCN1CCOCC1.[NH2-].[Rb+].[Rb+]. The van der Waals surface area contributed by atoms with Gasteiger partial charge in [0.2, 0.25) is 0 Å². The number of ketones is 2. The van der Waals surface area contributed by atoms with Crippen molar-refractivity contribution in [2.24, 2.45) is 7.05 Å². The van der Waals surface area contributed by atoms with E-state index in [4.69, 9.17) is 9.47 Å². The predicted octanol–water partition coefficient (Wildman–Crippen LogP) is -3.60. The van der Waals surface area contributed by atoms with E-state index in [0.717, 1.165) is 84.2 Å². The molecule has 0 spiro atoms. The Morgan fingerprint density at radius 2 is 1.50 bits per heavy atom. The van der Waals surface area contributed by atoms with Crippen LogP contribution in [-0.2, 0) is 29.5 Å². The van der Waals surface area contributed by atoms with Gasteiger partial charge in [-0.15, -0.1) is 6.20 Å². The zero-order chi connectivity index (χ0) is 23.0. The first kappa shape index (κ1) is 35.3. The van der Waals surface area contributed by atoms with Crippen LogP contribution in [0.15, 0.2) is 24.5 Å². The van der Waals surface area contributed by atoms with Crippen molar-refractivity contribution in [1.82, 2.24) is 18.9 Å². The van der Waals surface area contributed by atoms with Crippen LogP contribution in [-0.4, -0.2) is 96.2 Å². The molecule has 2 aromatic heterocycles. The van der Waals surface area contributed by atoms with Gasteiger partial charge in [-0.2, -0.15) is 0 Å². The van der Waals surface area contributed by atoms with Gasteiger partial charge in [-0.25, -0.2) is 12.1 Å². The number of nitrogens with two attached hydrogens (primary N) is 1. The van der Waals surface area contributed by atoms with Crippen molar-refractivity contribution in [3.63, 3.8) is 0 Å². The Bertz CT molecular complexity index is 937. The number of ether oxygens (including phenoxy) is 2. The number of carbonyl (C=O) groups excluding carboxylic acids is 2. The average Bonchev–Trinajstić information content (AvgIpc) is 3.45. The molecule has 2 aromatic rings. The van der Waals surface area contributed by atoms with Gasteiger partial charge in [0, 0.05) is 65.4 Å². The van der Waals surface area contributed by atoms with Crippen LogP contribution in [0, 0.1) is 6.07 Å². The summed E-state index contributed by atoms with van der Waals surface area (Å²) in [6.45, 7) is 9.40. The summed E-state index contributed by atoms with van der Waals surface area (Å²) < 4.78 is 14.6. The van der Waals surface area contributed by atoms with Gasteiger partial charge < -0.3 is 29.6 Å². The zero-order valence-electron chi connectivity index (χ0n) is 22.2. The Morgan fingerprint density at radius 3 is 2.14 bits per heavy atom. The Labute approximate surface area is 312 Å². The second-order valence-corrected chi connectivity index (χ2v) is 8.90. The molecule has 188 valence electrons. The summed E-state index contributed by atoms with van der Waals surface area (Å²) in [5.41, 5.74) is 2.22. The number of hydrogen-bond acceptors (Lipinski definition) is 6. The quantitative estimate of drug-likeness (QED) is 0.186. The number of aryl methyl sites for hydroxylation is 1. The van der Waals surface area contributed by atoms with Crippen LogP contribution in [0.25, 0.3) is 6.15 Å². The Morgan fingerprint density at radius 1 is 0.889 bits per heavy atom. The summed E-state index contributed by atoms with van der Waals surface area (Å²) in [5.74, 6) is 0.182. The molecule has 2 fully saturated rings. The minimum absolute atomic E-state index is 0. The number of rotatable bonds is 11. The molecule has 0 aliphatic carbocycles. The van der Waals surface area contributed by atoms with E-state index in [-0.39, 0.29) is 141 Å². The van der Waals surface area contributed by atoms with Gasteiger partial charge in [-0.05, 0) is 24.6 Å². The molecule has 4 heterocycles. The summed E-state index contributed by atoms with van der Waals surface area (Å²) in [4.78, 5) is 30.5. The van der Waals surface area contributed by atoms with E-state index in [1.54, 1.807) is 6.07 Å². The van der Waals surface area contributed by atoms with Crippen LogP contribution in [0.3, 0.4) is 0 Å². The van der Waals surface area contributed by atoms with Crippen molar-refractivity contribution in [3.8, 4) is 0 Å². The number of hydrogen-bond donors (Lipinski definition) is 0. The fraction of sp³-hybridized carbons (Fsp3) is 0.600. The van der Waals surface area contributed by atoms with Gasteiger partial charge in [0.25, 0.3) is 0 Å². The second-order valence-electron chi connectivity index (χ2n) is 8.90. The fourth-order valence-corrected chi connectivity index (χ4v) is 4.56. The van der Waals surface area contributed by atoms with Crippen LogP contribution < -0.4 is 116 Å². The monoisotopic (exact) mass is 641 g/mol. The number of carbonyl (C=O) groups is 2. The predicted molar refractivity (Wildman–Crippen MR) is 130 cm³/mol. The van der Waals surface area contributed by atoms with E-state index in [2.05, 4.69) is 15.9 Å². The molecule has 4 rings (SSSR count). The summed E-state index contributed by atoms with van der Waals surface area (Å²) in [6, 6.07) is 6.71. The first-order chi connectivity index (χ1) is 16.1. The van der Waals surface area contributed by atoms with Gasteiger partial charge in [0.05, 0.1) is 32.1 Å². The van der Waals surface area contributed by atoms with Crippen LogP contribution in [0.5, 0.6) is 0 Å². The molecule has 0 amide bonds. The van der Waals surface area contributed by atoms with E-state index in [9.17, 15) is 9.59 Å². The Balaban J connectivity index is 0.00000216. The van der Waals surface area contributed by atoms with E-state index in [1.165, 1.54) is 0 Å². The molecule has 9 nitrogen and oxygen atoms in total. The minimum Gasteiger partial charge on any atom is -0.693 e. The molecular weight excluding hydrogens is 605 g/mol. The number of aromatic nitrogens is 2. The van der Waals surface area contributed by atoms with Crippen molar-refractivity contribution >= 4 is 11.6 Å². The summed E-state index contributed by atoms with van der Waals surface area (Å²) in [7, 11) is 1.88. The van der Waals surface area contributed by atoms with Crippen LogP contribution in [0.4, 0.5) is 0 Å². The van der Waals surface area contributed by atoms with Gasteiger partial charge >= 0.3 is 116 Å². The van der Waals surface area contributed by atoms with Crippen molar-refractivity contribution in [1.29, 1.82) is 0 Å². The number of nitrogens with zero attached hydrogens (tertiary/aromatic N) is 4. The van der Waals surface area contributed by atoms with E-state index < -0.39 is 0 Å². The van der Waals surface area contributed by atoms with Gasteiger partial charge in [-0.3, -0.25) is 14.6 Å². The zero-order valence-corrected chi connectivity index (χ0v) is 32.0. The standard InChI is InChI=1S/C25H35N4O4.H2N.2Rb/c1-26-20-21(18-23(26)24(30)5-3-6-27-10-14-32-15-11-27)19-25(31)22-4-2-7-29(22)9-8-28-12-16-33-17-13-28;;;/h4,7,18,20H,3,5-6,8-17,19H2,1H3;1H2;;/q2*-1;2*+1. The van der Waals surface area contributed by atoms with E-state index >= 15 is 0 Å². The maximum atomic E-state index is 13.0. The Kier molecular flexibility index (Phi) is 18.3. The van der Waals surface area contributed by atoms with E-state index in [0.29, 0.717) is 17.8 Å². The summed E-state index contributed by atoms with van der Waals surface area (Å²) >= 11 is 0. The molecule has 0 bridgehead atoms. The second kappa shape index (κ2) is 18.6. The number of Topliss-reactive ketones (excluding diaryl/α,β-unsaturated/α-hetero) is 2. The smallest absolute Gasteiger partial charge is 0.693 e. The van der Waals surface area contributed by atoms with Crippen molar-refractivity contribution in [2.75, 3.05) is 65.7 Å². The molecule has 0 aromatic carbocycles. The fourth-order valence-electron chi connectivity index (χ4n) is 4.56. The molecular formula is C25H37N5O4Rb2. The van der Waals surface area contributed by atoms with Crippen LogP contribution in [0.1, 0.15) is 39.4 Å². The van der Waals surface area contributed by atoms with E-state index in [1.807, 2.05) is 34.6 Å². The Hall–Kier alpha value is 1.31. The summed E-state index contributed by atoms with van der Waals surface area (Å²) in [6.07, 6.45) is 5.39. The third kappa shape index (κ3) is 10.7. The molecule has 36 heavy (non-hydrogen) atoms. The third-order valence-corrected chi connectivity index (χ3v) is 6.50. The molecule has 2 saturated heterocycles. The topological polar surface area (TPSA) is 102 Å². The van der Waals surface area contributed by atoms with Crippen LogP contribution in [0.2, 0.25) is 0 Å². The molecule has 0 saturated carbocycles. The first-order valence-corrected chi connectivity index (χ1v) is 12.0. The molecule has 2 N–H and O–H groups in total. The van der Waals surface area contributed by atoms with Gasteiger partial charge in [0.15, 0.2) is 5.78 Å². The normalized spacial score (nSPS) is 16.5. The molecule has 0 radical (unpaired) electrons. The van der Waals surface area contributed by atoms with Crippen LogP contribution >= 0.6 is 0 Å². The van der Waals surface area contributed by atoms with Crippen molar-refractivity contribution in [2.45, 2.75) is 25.8 Å². The first-order valence-electron chi connectivity index (χ1n) is 12.0. The van der Waals surface area contributed by atoms with Gasteiger partial charge in [-0.1, -0.05) is 5.69 Å². The van der Waals surface area contributed by atoms with Crippen molar-refractivity contribution < 1.29 is 135 Å². The molecule has 2 aliphatic heterocycles. The molecule has 11 heteroatoms. The van der Waals surface area contributed by atoms with Crippen molar-refractivity contribution in [3.05, 3.63) is 53.7 Å².